The number of aromatic amines is 1. The standard InChI is InChI=1S/C25H26N6O2/c1-15-11-16-3-5-19(13-22(16)27-15)28-25-26-10-9-23(30-25)29-21-8-4-17(24(32)33)12-18(21)14-31(2)20-6-7-20/h3-5,8-13,20,27H,6-7,14H2,1-2H3,(H,32,33)(H2,26,28,29,30). The lowest BCUT2D eigenvalue weighted by molar-refractivity contribution is 0.0696. The van der Waals surface area contributed by atoms with Gasteiger partial charge in [-0.2, -0.15) is 4.98 Å². The van der Waals surface area contributed by atoms with Gasteiger partial charge in [-0.15, -0.1) is 0 Å². The van der Waals surface area contributed by atoms with E-state index >= 15 is 0 Å². The first-order chi connectivity index (χ1) is 15.9. The number of nitrogens with one attached hydrogen (secondary N) is 3. The van der Waals surface area contributed by atoms with E-state index in [0.29, 0.717) is 24.4 Å². The summed E-state index contributed by atoms with van der Waals surface area (Å²) in [4.78, 5) is 26.0. The van der Waals surface area contributed by atoms with Gasteiger partial charge < -0.3 is 20.7 Å². The summed E-state index contributed by atoms with van der Waals surface area (Å²) in [6.45, 7) is 2.70. The fourth-order valence-corrected chi connectivity index (χ4v) is 4.00. The van der Waals surface area contributed by atoms with Crippen molar-refractivity contribution < 1.29 is 9.90 Å². The third kappa shape index (κ3) is 4.80. The smallest absolute Gasteiger partial charge is 0.335 e. The molecule has 4 aromatic rings. The number of rotatable bonds is 8. The molecular weight excluding hydrogens is 416 g/mol. The van der Waals surface area contributed by atoms with Crippen LogP contribution in [0.2, 0.25) is 0 Å². The topological polar surface area (TPSA) is 106 Å². The van der Waals surface area contributed by atoms with Crippen molar-refractivity contribution in [1.82, 2.24) is 19.9 Å². The van der Waals surface area contributed by atoms with Gasteiger partial charge in [0.2, 0.25) is 5.95 Å². The Hall–Kier alpha value is -3.91. The van der Waals surface area contributed by atoms with Crippen LogP contribution in [0.1, 0.15) is 34.5 Å². The van der Waals surface area contributed by atoms with Crippen molar-refractivity contribution in [3.8, 4) is 0 Å². The number of carbonyl (C=O) groups is 1. The monoisotopic (exact) mass is 442 g/mol. The Balaban J connectivity index is 1.37. The van der Waals surface area contributed by atoms with Gasteiger partial charge in [0, 0.05) is 41.4 Å². The van der Waals surface area contributed by atoms with Gasteiger partial charge in [-0.3, -0.25) is 4.90 Å². The lowest BCUT2D eigenvalue weighted by atomic mass is 10.1. The van der Waals surface area contributed by atoms with E-state index in [1.54, 1.807) is 30.5 Å². The van der Waals surface area contributed by atoms with Crippen molar-refractivity contribution >= 4 is 40.0 Å². The number of carboxylic acid groups (broad SMARTS) is 1. The van der Waals surface area contributed by atoms with Gasteiger partial charge in [0.1, 0.15) is 5.82 Å². The number of aryl methyl sites for hydroxylation is 1. The van der Waals surface area contributed by atoms with Crippen LogP contribution < -0.4 is 10.6 Å². The molecule has 33 heavy (non-hydrogen) atoms. The first-order valence-electron chi connectivity index (χ1n) is 11.0. The van der Waals surface area contributed by atoms with E-state index < -0.39 is 5.97 Å². The molecule has 1 aliphatic rings. The van der Waals surface area contributed by atoms with Crippen molar-refractivity contribution in [2.24, 2.45) is 0 Å². The highest BCUT2D eigenvalue weighted by Gasteiger charge is 2.26. The van der Waals surface area contributed by atoms with Crippen LogP contribution in [0.5, 0.6) is 0 Å². The number of benzene rings is 2. The fraction of sp³-hybridized carbons (Fsp3) is 0.240. The van der Waals surface area contributed by atoms with Gasteiger partial charge in [-0.05, 0) is 80.2 Å². The first-order valence-corrected chi connectivity index (χ1v) is 11.0. The van der Waals surface area contributed by atoms with Crippen LogP contribution in [0.15, 0.2) is 54.7 Å². The molecule has 0 unspecified atom stereocenters. The van der Waals surface area contributed by atoms with Gasteiger partial charge in [-0.1, -0.05) is 6.07 Å². The number of anilines is 4. The normalized spacial score (nSPS) is 13.4. The zero-order valence-corrected chi connectivity index (χ0v) is 18.6. The zero-order valence-electron chi connectivity index (χ0n) is 18.6. The third-order valence-corrected chi connectivity index (χ3v) is 5.87. The Labute approximate surface area is 191 Å². The Morgan fingerprint density at radius 3 is 2.79 bits per heavy atom. The molecule has 0 bridgehead atoms. The van der Waals surface area contributed by atoms with Crippen molar-refractivity contribution in [3.05, 3.63) is 71.5 Å². The number of aromatic carboxylic acids is 1. The summed E-state index contributed by atoms with van der Waals surface area (Å²) in [6, 6.07) is 15.7. The second-order valence-corrected chi connectivity index (χ2v) is 8.59. The van der Waals surface area contributed by atoms with Crippen molar-refractivity contribution in [1.29, 1.82) is 0 Å². The van der Waals surface area contributed by atoms with Crippen LogP contribution in [-0.2, 0) is 6.54 Å². The van der Waals surface area contributed by atoms with E-state index in [-0.39, 0.29) is 5.56 Å². The maximum atomic E-state index is 11.5. The second-order valence-electron chi connectivity index (χ2n) is 8.59. The predicted octanol–water partition coefficient (Wildman–Crippen LogP) is 5.05. The molecule has 2 heterocycles. The van der Waals surface area contributed by atoms with E-state index in [1.165, 1.54) is 12.8 Å². The predicted molar refractivity (Wildman–Crippen MR) is 130 cm³/mol. The molecule has 0 aliphatic heterocycles. The number of aromatic nitrogens is 3. The molecule has 1 aliphatic carbocycles. The average molecular weight is 443 g/mol. The number of carboxylic acids is 1. The maximum absolute atomic E-state index is 11.5. The number of fused-ring (bicyclic) bond motifs is 1. The van der Waals surface area contributed by atoms with Gasteiger partial charge in [0.15, 0.2) is 0 Å². The number of H-pyrrole nitrogens is 1. The van der Waals surface area contributed by atoms with Crippen LogP contribution >= 0.6 is 0 Å². The highest BCUT2D eigenvalue weighted by molar-refractivity contribution is 5.89. The zero-order chi connectivity index (χ0) is 22.9. The van der Waals surface area contributed by atoms with Gasteiger partial charge in [0.05, 0.1) is 5.56 Å². The van der Waals surface area contributed by atoms with Crippen LogP contribution in [-0.4, -0.2) is 44.0 Å². The quantitative estimate of drug-likeness (QED) is 0.303. The van der Waals surface area contributed by atoms with E-state index in [2.05, 4.69) is 49.7 Å². The molecule has 0 spiro atoms. The molecular formula is C25H26N6O2. The van der Waals surface area contributed by atoms with E-state index in [0.717, 1.165) is 33.5 Å². The molecule has 8 nitrogen and oxygen atoms in total. The SMILES string of the molecule is Cc1cc2ccc(Nc3nccc(Nc4ccc(C(=O)O)cc4CN(C)C4CC4)n3)cc2[nH]1. The molecule has 1 fully saturated rings. The number of hydrogen-bond acceptors (Lipinski definition) is 6. The minimum atomic E-state index is -0.931. The maximum Gasteiger partial charge on any atom is 0.335 e. The largest absolute Gasteiger partial charge is 0.478 e. The van der Waals surface area contributed by atoms with Gasteiger partial charge in [-0.25, -0.2) is 9.78 Å². The van der Waals surface area contributed by atoms with Crippen LogP contribution in [0.25, 0.3) is 10.9 Å². The van der Waals surface area contributed by atoms with Crippen LogP contribution in [0.3, 0.4) is 0 Å². The molecule has 0 saturated heterocycles. The highest BCUT2D eigenvalue weighted by Crippen LogP contribution is 2.30. The van der Waals surface area contributed by atoms with Crippen LogP contribution in [0, 0.1) is 6.92 Å². The summed E-state index contributed by atoms with van der Waals surface area (Å²) < 4.78 is 0. The van der Waals surface area contributed by atoms with E-state index in [4.69, 9.17) is 0 Å². The van der Waals surface area contributed by atoms with Crippen molar-refractivity contribution in [3.63, 3.8) is 0 Å². The summed E-state index contributed by atoms with van der Waals surface area (Å²) in [5.74, 6) is 0.170. The van der Waals surface area contributed by atoms with E-state index in [9.17, 15) is 9.90 Å². The molecule has 0 radical (unpaired) electrons. The molecule has 2 aromatic carbocycles. The Kier molecular flexibility index (Phi) is 5.43. The molecule has 0 atom stereocenters. The molecule has 168 valence electrons. The van der Waals surface area contributed by atoms with Crippen molar-refractivity contribution in [2.45, 2.75) is 32.4 Å². The Bertz CT molecular complexity index is 1330. The summed E-state index contributed by atoms with van der Waals surface area (Å²) in [6.07, 6.45) is 4.07. The van der Waals surface area contributed by atoms with Gasteiger partial charge in [0.25, 0.3) is 0 Å². The summed E-state index contributed by atoms with van der Waals surface area (Å²) in [7, 11) is 2.07. The summed E-state index contributed by atoms with van der Waals surface area (Å²) >= 11 is 0. The summed E-state index contributed by atoms with van der Waals surface area (Å²) in [5.41, 5.74) is 5.08. The minimum Gasteiger partial charge on any atom is -0.478 e. The Morgan fingerprint density at radius 2 is 2.00 bits per heavy atom. The Morgan fingerprint density at radius 1 is 1.15 bits per heavy atom. The highest BCUT2D eigenvalue weighted by atomic mass is 16.4. The molecule has 2 aromatic heterocycles. The van der Waals surface area contributed by atoms with E-state index in [1.807, 2.05) is 19.1 Å². The second kappa shape index (κ2) is 8.55. The van der Waals surface area contributed by atoms with Crippen LogP contribution in [0.4, 0.5) is 23.1 Å². The summed E-state index contributed by atoms with van der Waals surface area (Å²) in [5, 5.41) is 17.2. The fourth-order valence-electron chi connectivity index (χ4n) is 4.00. The number of hydrogen-bond donors (Lipinski definition) is 4. The van der Waals surface area contributed by atoms with Crippen molar-refractivity contribution in [2.75, 3.05) is 17.7 Å². The molecule has 8 heteroatoms. The minimum absolute atomic E-state index is 0.278. The molecule has 4 N–H and O–H groups in total. The molecule has 0 amide bonds. The number of nitrogens with zero attached hydrogens (tertiary/aromatic N) is 3. The first kappa shape index (κ1) is 21.0. The average Bonchev–Trinajstić information content (AvgIpc) is 3.56. The lowest BCUT2D eigenvalue weighted by Crippen LogP contribution is -2.21. The molecule has 1 saturated carbocycles. The third-order valence-electron chi connectivity index (χ3n) is 5.87. The lowest BCUT2D eigenvalue weighted by Gasteiger charge is -2.19. The van der Waals surface area contributed by atoms with Gasteiger partial charge >= 0.3 is 5.97 Å². The molecule has 5 rings (SSSR count).